The van der Waals surface area contributed by atoms with Gasteiger partial charge >= 0.3 is 0 Å². The summed E-state index contributed by atoms with van der Waals surface area (Å²) in [4.78, 5) is 30.0. The number of nitrogens with one attached hydrogen (secondary N) is 1. The van der Waals surface area contributed by atoms with Gasteiger partial charge in [-0.3, -0.25) is 9.59 Å². The molecule has 2 heterocycles. The molecule has 41 heavy (non-hydrogen) atoms. The number of carbonyl (C=O) groups excluding carboxylic acids is 2. The number of hydrogen-bond acceptors (Lipinski definition) is 4. The van der Waals surface area contributed by atoms with E-state index in [0.29, 0.717) is 37.7 Å². The molecule has 6 nitrogen and oxygen atoms in total. The number of hydrogen-bond donors (Lipinski definition) is 1. The molecule has 1 N–H and O–H groups in total. The first-order valence-electron chi connectivity index (χ1n) is 14.4. The second-order valence-electron chi connectivity index (χ2n) is 11.0. The van der Waals surface area contributed by atoms with Crippen molar-refractivity contribution in [2.75, 3.05) is 33.3 Å². The molecular formula is C34H38ClN3O3. The van der Waals surface area contributed by atoms with Crippen molar-refractivity contribution >= 4 is 29.0 Å². The number of carbonyl (C=O) groups is 2. The topological polar surface area (TPSA) is 61.9 Å². The summed E-state index contributed by atoms with van der Waals surface area (Å²) in [5.74, 6) is 0.852. The molecule has 2 atom stereocenters. The number of aryl methyl sites for hydroxylation is 1. The van der Waals surface area contributed by atoms with Gasteiger partial charge < -0.3 is 19.9 Å². The van der Waals surface area contributed by atoms with Gasteiger partial charge in [0.25, 0.3) is 5.91 Å². The van der Waals surface area contributed by atoms with E-state index in [1.807, 2.05) is 59.3 Å². The molecule has 5 rings (SSSR count). The first-order chi connectivity index (χ1) is 19.9. The summed E-state index contributed by atoms with van der Waals surface area (Å²) in [6.07, 6.45) is 3.22. The van der Waals surface area contributed by atoms with Crippen LogP contribution in [0.5, 0.6) is 5.75 Å². The maximum atomic E-state index is 14.0. The van der Waals surface area contributed by atoms with Crippen LogP contribution >= 0.6 is 11.6 Å². The number of benzene rings is 3. The Morgan fingerprint density at radius 2 is 1.76 bits per heavy atom. The van der Waals surface area contributed by atoms with E-state index in [1.54, 1.807) is 6.92 Å². The second-order valence-corrected chi connectivity index (χ2v) is 11.4. The maximum absolute atomic E-state index is 14.0. The van der Waals surface area contributed by atoms with Crippen LogP contribution in [-0.2, 0) is 22.4 Å². The third kappa shape index (κ3) is 7.38. The van der Waals surface area contributed by atoms with Crippen LogP contribution in [0.4, 0.5) is 0 Å². The number of halogens is 1. The first kappa shape index (κ1) is 28.9. The van der Waals surface area contributed by atoms with Crippen LogP contribution in [0, 0.1) is 0 Å². The van der Waals surface area contributed by atoms with Gasteiger partial charge in [-0.1, -0.05) is 72.3 Å². The molecule has 3 aromatic carbocycles. The third-order valence-electron chi connectivity index (χ3n) is 7.96. The molecule has 0 radical (unpaired) electrons. The van der Waals surface area contributed by atoms with E-state index in [9.17, 15) is 9.59 Å². The van der Waals surface area contributed by atoms with Gasteiger partial charge in [-0.15, -0.1) is 0 Å². The molecule has 0 aromatic heterocycles. The van der Waals surface area contributed by atoms with E-state index in [1.165, 1.54) is 11.1 Å². The zero-order valence-corrected chi connectivity index (χ0v) is 24.6. The molecular weight excluding hydrogens is 534 g/mol. The lowest BCUT2D eigenvalue weighted by atomic mass is 9.82. The quantitative estimate of drug-likeness (QED) is 0.331. The molecule has 214 valence electrons. The Hall–Kier alpha value is -3.61. The minimum absolute atomic E-state index is 0.0256. The Morgan fingerprint density at radius 1 is 0.976 bits per heavy atom. The summed E-state index contributed by atoms with van der Waals surface area (Å²) in [6.45, 7) is 3.99. The number of ether oxygens (including phenoxy) is 1. The lowest BCUT2D eigenvalue weighted by Gasteiger charge is -2.44. The smallest absolute Gasteiger partial charge is 0.251 e. The van der Waals surface area contributed by atoms with Crippen molar-refractivity contribution in [3.63, 3.8) is 0 Å². The second kappa shape index (κ2) is 13.4. The van der Waals surface area contributed by atoms with Gasteiger partial charge in [-0.2, -0.15) is 0 Å². The van der Waals surface area contributed by atoms with Gasteiger partial charge in [0.1, 0.15) is 5.75 Å². The van der Waals surface area contributed by atoms with E-state index < -0.39 is 0 Å². The van der Waals surface area contributed by atoms with Crippen LogP contribution in [0.15, 0.2) is 84.4 Å². The highest BCUT2D eigenvalue weighted by atomic mass is 35.5. The van der Waals surface area contributed by atoms with Gasteiger partial charge in [-0.25, -0.2) is 0 Å². The highest BCUT2D eigenvalue weighted by molar-refractivity contribution is 6.30. The summed E-state index contributed by atoms with van der Waals surface area (Å²) in [5, 5.41) is 4.31. The largest absolute Gasteiger partial charge is 0.494 e. The SMILES string of the molecule is CC(=O)N1C[C@H]2CC(c3cccc(CCCOc4cccc(Cl)c4)c3)=C(C(=O)N(C)CCc3ccccc3)[C@@H](C1)N2. The highest BCUT2D eigenvalue weighted by Crippen LogP contribution is 2.34. The molecule has 1 saturated heterocycles. The zero-order valence-electron chi connectivity index (χ0n) is 23.8. The van der Waals surface area contributed by atoms with Crippen LogP contribution in [-0.4, -0.2) is 67.0 Å². The van der Waals surface area contributed by atoms with Crippen molar-refractivity contribution in [2.45, 2.75) is 44.7 Å². The monoisotopic (exact) mass is 571 g/mol. The third-order valence-corrected chi connectivity index (χ3v) is 8.19. The minimum atomic E-state index is -0.192. The Bertz CT molecular complexity index is 1410. The molecule has 2 amide bonds. The molecule has 7 heteroatoms. The van der Waals surface area contributed by atoms with E-state index in [0.717, 1.165) is 41.7 Å². The molecule has 0 spiro atoms. The van der Waals surface area contributed by atoms with Crippen molar-refractivity contribution < 1.29 is 14.3 Å². The Kier molecular flexibility index (Phi) is 9.42. The van der Waals surface area contributed by atoms with Crippen LogP contribution in [0.3, 0.4) is 0 Å². The summed E-state index contributed by atoms with van der Waals surface area (Å²) in [5.41, 5.74) is 5.38. The van der Waals surface area contributed by atoms with Crippen LogP contribution in [0.25, 0.3) is 5.57 Å². The van der Waals surface area contributed by atoms with E-state index in [-0.39, 0.29) is 23.9 Å². The maximum Gasteiger partial charge on any atom is 0.251 e. The molecule has 2 aliphatic rings. The van der Waals surface area contributed by atoms with Crippen molar-refractivity contribution in [3.05, 3.63) is 106 Å². The predicted octanol–water partition coefficient (Wildman–Crippen LogP) is 5.40. The van der Waals surface area contributed by atoms with Gasteiger partial charge in [0, 0.05) is 50.2 Å². The van der Waals surface area contributed by atoms with E-state index in [2.05, 4.69) is 41.7 Å². The lowest BCUT2D eigenvalue weighted by Crippen LogP contribution is -2.61. The summed E-state index contributed by atoms with van der Waals surface area (Å²) in [6, 6.07) is 26.2. The molecule has 1 fully saturated rings. The molecule has 2 aliphatic heterocycles. The number of rotatable bonds is 10. The number of nitrogens with zero attached hydrogens (tertiary/aromatic N) is 2. The molecule has 0 aliphatic carbocycles. The van der Waals surface area contributed by atoms with E-state index in [4.69, 9.17) is 16.3 Å². The minimum Gasteiger partial charge on any atom is -0.494 e. The summed E-state index contributed by atoms with van der Waals surface area (Å²) >= 11 is 6.07. The fourth-order valence-electron chi connectivity index (χ4n) is 5.81. The van der Waals surface area contributed by atoms with Crippen molar-refractivity contribution in [2.24, 2.45) is 0 Å². The Balaban J connectivity index is 1.35. The Labute approximate surface area is 247 Å². The number of fused-ring (bicyclic) bond motifs is 2. The predicted molar refractivity (Wildman–Crippen MR) is 164 cm³/mol. The molecule has 0 saturated carbocycles. The fourth-order valence-corrected chi connectivity index (χ4v) is 5.99. The normalized spacial score (nSPS) is 18.3. The number of amides is 2. The van der Waals surface area contributed by atoms with Crippen molar-refractivity contribution in [1.29, 1.82) is 0 Å². The highest BCUT2D eigenvalue weighted by Gasteiger charge is 2.39. The van der Waals surface area contributed by atoms with Crippen LogP contribution < -0.4 is 10.1 Å². The van der Waals surface area contributed by atoms with E-state index >= 15 is 0 Å². The van der Waals surface area contributed by atoms with Gasteiger partial charge in [-0.05, 0) is 66.1 Å². The summed E-state index contributed by atoms with van der Waals surface area (Å²) < 4.78 is 5.88. The van der Waals surface area contributed by atoms with Crippen LogP contribution in [0.2, 0.25) is 5.02 Å². The lowest BCUT2D eigenvalue weighted by molar-refractivity contribution is -0.132. The van der Waals surface area contributed by atoms with Gasteiger partial charge in [0.2, 0.25) is 5.91 Å². The number of piperazine rings is 1. The van der Waals surface area contributed by atoms with Crippen molar-refractivity contribution in [3.8, 4) is 5.75 Å². The standard InChI is InChI=1S/C34H38ClN3O3/c1-24(39)38-22-29-21-31(27-13-6-11-26(19-27)12-8-18-41-30-15-7-14-28(35)20-30)33(32(23-38)36-29)34(40)37(2)17-16-25-9-4-3-5-10-25/h3-7,9-11,13-15,19-20,29,32,36H,8,12,16-18,21-23H2,1-2H3/t29-,32-/m1/s1. The average Bonchev–Trinajstić information content (AvgIpc) is 2.98. The molecule has 2 bridgehead atoms. The van der Waals surface area contributed by atoms with Crippen molar-refractivity contribution in [1.82, 2.24) is 15.1 Å². The summed E-state index contributed by atoms with van der Waals surface area (Å²) in [7, 11) is 1.88. The van der Waals surface area contributed by atoms with Crippen LogP contribution in [0.1, 0.15) is 36.5 Å². The average molecular weight is 572 g/mol. The first-order valence-corrected chi connectivity index (χ1v) is 14.8. The fraction of sp³-hybridized carbons (Fsp3) is 0.353. The molecule has 3 aromatic rings. The van der Waals surface area contributed by atoms with Gasteiger partial charge in [0.05, 0.1) is 12.6 Å². The zero-order chi connectivity index (χ0) is 28.8. The van der Waals surface area contributed by atoms with Gasteiger partial charge in [0.15, 0.2) is 0 Å². The molecule has 0 unspecified atom stereocenters. The Morgan fingerprint density at radius 3 is 2.54 bits per heavy atom. The number of likely N-dealkylation sites (N-methyl/N-ethyl adjacent to an activating group) is 1.